The summed E-state index contributed by atoms with van der Waals surface area (Å²) in [6, 6.07) is 5.58. The van der Waals surface area contributed by atoms with Crippen LogP contribution in [0.3, 0.4) is 0 Å². The summed E-state index contributed by atoms with van der Waals surface area (Å²) in [7, 11) is 1.64. The fraction of sp³-hybridized carbons (Fsp3) is 0.550. The fourth-order valence-corrected chi connectivity index (χ4v) is 3.79. The smallest absolute Gasteiger partial charge is 0.254 e. The molecule has 7 heteroatoms. The van der Waals surface area contributed by atoms with Crippen molar-refractivity contribution in [2.24, 2.45) is 0 Å². The molecule has 0 N–H and O–H groups in total. The number of methoxy groups -OCH3 is 1. The summed E-state index contributed by atoms with van der Waals surface area (Å²) < 4.78 is 16.2. The Hall–Kier alpha value is -2.41. The zero-order valence-electron chi connectivity index (χ0n) is 15.6. The van der Waals surface area contributed by atoms with Crippen LogP contribution < -0.4 is 4.74 Å². The Morgan fingerprint density at radius 1 is 1.33 bits per heavy atom. The molecule has 2 aliphatic heterocycles. The first kappa shape index (κ1) is 18.0. The molecule has 1 fully saturated rings. The largest absolute Gasteiger partial charge is 0.493 e. The maximum absolute atomic E-state index is 13.2. The maximum Gasteiger partial charge on any atom is 0.254 e. The second-order valence-electron chi connectivity index (χ2n) is 7.08. The van der Waals surface area contributed by atoms with Gasteiger partial charge in [0, 0.05) is 25.6 Å². The number of hydrogen-bond acceptors (Lipinski definition) is 6. The zero-order chi connectivity index (χ0) is 18.6. The van der Waals surface area contributed by atoms with Crippen molar-refractivity contribution in [1.82, 2.24) is 15.0 Å². The first-order valence-electron chi connectivity index (χ1n) is 9.64. The number of carbonyl (C=O) groups excluding carboxylic acids is 1. The van der Waals surface area contributed by atoms with Crippen LogP contribution in [-0.4, -0.2) is 47.8 Å². The Morgan fingerprint density at radius 3 is 3.15 bits per heavy atom. The number of benzene rings is 1. The molecule has 1 atom stereocenters. The number of fused-ring (bicyclic) bond motifs is 1. The molecule has 4 rings (SSSR count). The van der Waals surface area contributed by atoms with Crippen molar-refractivity contribution in [3.05, 3.63) is 41.0 Å². The SMILES string of the molecule is COCCc1noc(C2CCCCN2C(=O)c2ccc3c(c2)CCCO3)n1. The second kappa shape index (κ2) is 8.08. The molecule has 2 aromatic rings. The van der Waals surface area contributed by atoms with Crippen molar-refractivity contribution in [2.45, 2.75) is 44.6 Å². The Bertz CT molecular complexity index is 804. The van der Waals surface area contributed by atoms with Crippen molar-refractivity contribution in [2.75, 3.05) is 26.9 Å². The molecule has 144 valence electrons. The van der Waals surface area contributed by atoms with Gasteiger partial charge in [0.05, 0.1) is 13.2 Å². The van der Waals surface area contributed by atoms with E-state index in [9.17, 15) is 4.79 Å². The quantitative estimate of drug-likeness (QED) is 0.804. The van der Waals surface area contributed by atoms with Crippen molar-refractivity contribution < 1.29 is 18.8 Å². The number of nitrogens with zero attached hydrogens (tertiary/aromatic N) is 3. The van der Waals surface area contributed by atoms with Crippen LogP contribution in [0, 0.1) is 0 Å². The minimum absolute atomic E-state index is 0.0183. The molecule has 7 nitrogen and oxygen atoms in total. The first-order valence-corrected chi connectivity index (χ1v) is 9.64. The minimum Gasteiger partial charge on any atom is -0.493 e. The number of hydrogen-bond donors (Lipinski definition) is 0. The molecule has 1 amide bonds. The van der Waals surface area contributed by atoms with E-state index in [4.69, 9.17) is 14.0 Å². The van der Waals surface area contributed by atoms with Crippen LogP contribution in [0.1, 0.15) is 59.4 Å². The first-order chi connectivity index (χ1) is 13.3. The molecule has 0 radical (unpaired) electrons. The van der Waals surface area contributed by atoms with Crippen molar-refractivity contribution in [3.63, 3.8) is 0 Å². The summed E-state index contributed by atoms with van der Waals surface area (Å²) in [5.41, 5.74) is 1.81. The monoisotopic (exact) mass is 371 g/mol. The van der Waals surface area contributed by atoms with Gasteiger partial charge in [-0.1, -0.05) is 5.16 Å². The number of aromatic nitrogens is 2. The molecular formula is C20H25N3O4. The molecule has 1 aromatic carbocycles. The third kappa shape index (κ3) is 3.83. The zero-order valence-corrected chi connectivity index (χ0v) is 15.6. The Labute approximate surface area is 158 Å². The lowest BCUT2D eigenvalue weighted by molar-refractivity contribution is 0.0561. The lowest BCUT2D eigenvalue weighted by Gasteiger charge is -2.33. The van der Waals surface area contributed by atoms with E-state index in [0.29, 0.717) is 36.9 Å². The summed E-state index contributed by atoms with van der Waals surface area (Å²) in [4.78, 5) is 19.6. The third-order valence-electron chi connectivity index (χ3n) is 5.22. The van der Waals surface area contributed by atoms with Crippen molar-refractivity contribution in [3.8, 4) is 5.75 Å². The summed E-state index contributed by atoms with van der Waals surface area (Å²) in [5, 5.41) is 4.03. The molecule has 2 aliphatic rings. The molecule has 1 aromatic heterocycles. The highest BCUT2D eigenvalue weighted by atomic mass is 16.5. The van der Waals surface area contributed by atoms with Gasteiger partial charge in [-0.15, -0.1) is 0 Å². The number of amides is 1. The molecule has 0 saturated carbocycles. The van der Waals surface area contributed by atoms with Gasteiger partial charge in [0.2, 0.25) is 5.89 Å². The molecule has 0 aliphatic carbocycles. The Kier molecular flexibility index (Phi) is 5.38. The average molecular weight is 371 g/mol. The number of carbonyl (C=O) groups is 1. The number of rotatable bonds is 5. The van der Waals surface area contributed by atoms with Gasteiger partial charge >= 0.3 is 0 Å². The Morgan fingerprint density at radius 2 is 2.26 bits per heavy atom. The summed E-state index contributed by atoms with van der Waals surface area (Å²) in [6.07, 6.45) is 5.41. The lowest BCUT2D eigenvalue weighted by Crippen LogP contribution is -2.38. The highest BCUT2D eigenvalue weighted by Crippen LogP contribution is 2.32. The van der Waals surface area contributed by atoms with Gasteiger partial charge in [0.15, 0.2) is 5.82 Å². The van der Waals surface area contributed by atoms with Crippen LogP contribution in [0.4, 0.5) is 0 Å². The average Bonchev–Trinajstić information content (AvgIpc) is 3.20. The van der Waals surface area contributed by atoms with Crippen molar-refractivity contribution >= 4 is 5.91 Å². The van der Waals surface area contributed by atoms with Crippen LogP contribution in [0.2, 0.25) is 0 Å². The topological polar surface area (TPSA) is 77.7 Å². The molecule has 1 unspecified atom stereocenters. The standard InChI is InChI=1S/C20H25N3O4/c1-25-12-9-18-21-19(27-22-18)16-6-2-3-10-23(16)20(24)15-7-8-17-14(13-15)5-4-11-26-17/h7-8,13,16H,2-6,9-12H2,1H3. The normalized spacial score (nSPS) is 19.4. The van der Waals surface area contributed by atoms with Crippen LogP contribution >= 0.6 is 0 Å². The van der Waals surface area contributed by atoms with Crippen LogP contribution in [0.5, 0.6) is 5.75 Å². The van der Waals surface area contributed by atoms with Gasteiger partial charge in [-0.05, 0) is 55.9 Å². The molecule has 1 saturated heterocycles. The van der Waals surface area contributed by atoms with Gasteiger partial charge < -0.3 is 18.9 Å². The number of ether oxygens (including phenoxy) is 2. The van der Waals surface area contributed by atoms with E-state index in [2.05, 4.69) is 10.1 Å². The fourth-order valence-electron chi connectivity index (χ4n) is 3.79. The van der Waals surface area contributed by atoms with E-state index in [-0.39, 0.29) is 11.9 Å². The highest BCUT2D eigenvalue weighted by molar-refractivity contribution is 5.95. The van der Waals surface area contributed by atoms with E-state index >= 15 is 0 Å². The molecule has 0 spiro atoms. The van der Waals surface area contributed by atoms with Gasteiger partial charge in [-0.2, -0.15) is 4.98 Å². The van der Waals surface area contributed by atoms with Gasteiger partial charge in [0.1, 0.15) is 11.8 Å². The third-order valence-corrected chi connectivity index (χ3v) is 5.22. The number of aryl methyl sites for hydroxylation is 1. The Balaban J connectivity index is 1.55. The van der Waals surface area contributed by atoms with Gasteiger partial charge in [0.25, 0.3) is 5.91 Å². The lowest BCUT2D eigenvalue weighted by atomic mass is 9.98. The van der Waals surface area contributed by atoms with Gasteiger partial charge in [-0.25, -0.2) is 0 Å². The van der Waals surface area contributed by atoms with E-state index < -0.39 is 0 Å². The van der Waals surface area contributed by atoms with Gasteiger partial charge in [-0.3, -0.25) is 4.79 Å². The van der Waals surface area contributed by atoms with Crippen molar-refractivity contribution in [1.29, 1.82) is 0 Å². The summed E-state index contributed by atoms with van der Waals surface area (Å²) in [5.74, 6) is 2.06. The van der Waals surface area contributed by atoms with E-state index in [1.54, 1.807) is 7.11 Å². The predicted molar refractivity (Wildman–Crippen MR) is 97.8 cm³/mol. The van der Waals surface area contributed by atoms with Crippen LogP contribution in [-0.2, 0) is 17.6 Å². The number of piperidine rings is 1. The van der Waals surface area contributed by atoms with Crippen LogP contribution in [0.25, 0.3) is 0 Å². The molecule has 27 heavy (non-hydrogen) atoms. The highest BCUT2D eigenvalue weighted by Gasteiger charge is 2.33. The molecular weight excluding hydrogens is 346 g/mol. The van der Waals surface area contributed by atoms with E-state index in [1.165, 1.54) is 0 Å². The summed E-state index contributed by atoms with van der Waals surface area (Å²) >= 11 is 0. The molecule has 0 bridgehead atoms. The molecule has 3 heterocycles. The second-order valence-corrected chi connectivity index (χ2v) is 7.08. The minimum atomic E-state index is -0.165. The van der Waals surface area contributed by atoms with E-state index in [0.717, 1.165) is 50.0 Å². The van der Waals surface area contributed by atoms with E-state index in [1.807, 2.05) is 23.1 Å². The number of likely N-dealkylation sites (tertiary alicyclic amines) is 1. The predicted octanol–water partition coefficient (Wildman–Crippen LogP) is 2.95. The summed E-state index contributed by atoms with van der Waals surface area (Å²) in [6.45, 7) is 1.99. The van der Waals surface area contributed by atoms with Crippen LogP contribution in [0.15, 0.2) is 22.7 Å². The maximum atomic E-state index is 13.2.